The van der Waals surface area contributed by atoms with Crippen molar-refractivity contribution in [3.8, 4) is 0 Å². The molecular weight excluding hydrogens is 374 g/mol. The zero-order chi connectivity index (χ0) is 21.1. The molecule has 3 aromatic rings. The minimum Gasteiger partial charge on any atom is -0.361 e. The van der Waals surface area contributed by atoms with E-state index in [0.29, 0.717) is 13.1 Å². The number of rotatable bonds is 6. The van der Waals surface area contributed by atoms with E-state index in [1.165, 1.54) is 11.1 Å². The van der Waals surface area contributed by atoms with Crippen molar-refractivity contribution in [2.75, 3.05) is 20.1 Å². The predicted octanol–water partition coefficient (Wildman–Crippen LogP) is 4.08. The fourth-order valence-electron chi connectivity index (χ4n) is 4.04. The summed E-state index contributed by atoms with van der Waals surface area (Å²) in [5, 5.41) is 4.53. The van der Waals surface area contributed by atoms with Gasteiger partial charge in [0.2, 0.25) is 5.91 Å². The molecule has 0 bridgehead atoms. The average Bonchev–Trinajstić information content (AvgIpc) is 3.18. The van der Waals surface area contributed by atoms with Crippen LogP contribution in [0.2, 0.25) is 0 Å². The second-order valence-corrected chi connectivity index (χ2v) is 8.28. The first-order chi connectivity index (χ1) is 14.5. The third-order valence-corrected chi connectivity index (χ3v) is 6.00. The molecule has 1 amide bonds. The van der Waals surface area contributed by atoms with Crippen molar-refractivity contribution in [3.63, 3.8) is 0 Å². The van der Waals surface area contributed by atoms with Crippen LogP contribution in [0.4, 0.5) is 0 Å². The van der Waals surface area contributed by atoms with Crippen LogP contribution in [0.3, 0.4) is 0 Å². The Hall–Kier alpha value is -2.92. The van der Waals surface area contributed by atoms with Gasteiger partial charge in [-0.2, -0.15) is 0 Å². The average molecular weight is 404 g/mol. The third kappa shape index (κ3) is 4.17. The number of likely N-dealkylation sites (N-methyl/N-ethyl adjacent to an activating group) is 1. The van der Waals surface area contributed by atoms with Crippen molar-refractivity contribution in [1.82, 2.24) is 15.0 Å². The quantitative estimate of drug-likeness (QED) is 0.622. The van der Waals surface area contributed by atoms with Gasteiger partial charge >= 0.3 is 0 Å². The second-order valence-electron chi connectivity index (χ2n) is 8.28. The van der Waals surface area contributed by atoms with E-state index in [0.717, 1.165) is 30.0 Å². The molecule has 0 spiro atoms. The Labute approximate surface area is 178 Å². The van der Waals surface area contributed by atoms with Gasteiger partial charge in [0.05, 0.1) is 12.5 Å². The van der Waals surface area contributed by atoms with E-state index in [-0.39, 0.29) is 17.9 Å². The Balaban J connectivity index is 1.65. The molecule has 1 aromatic heterocycles. The van der Waals surface area contributed by atoms with E-state index in [2.05, 4.69) is 58.6 Å². The normalized spacial score (nSPS) is 14.2. The summed E-state index contributed by atoms with van der Waals surface area (Å²) in [6, 6.07) is 21.1. The van der Waals surface area contributed by atoms with Crippen LogP contribution in [-0.2, 0) is 17.8 Å². The van der Waals surface area contributed by atoms with E-state index < -0.39 is 0 Å². The molecule has 0 aliphatic carbocycles. The SMILES string of the molecule is CC(C)N(C)C(=O)CN1CCc2onc(C(c3ccccc3)c3ccccc3)c2C1. The van der Waals surface area contributed by atoms with Gasteiger partial charge < -0.3 is 9.42 Å². The molecule has 2 aromatic carbocycles. The van der Waals surface area contributed by atoms with Gasteiger partial charge in [0.1, 0.15) is 11.5 Å². The Morgan fingerprint density at radius 3 is 2.23 bits per heavy atom. The topological polar surface area (TPSA) is 49.6 Å². The summed E-state index contributed by atoms with van der Waals surface area (Å²) in [5.41, 5.74) is 4.45. The van der Waals surface area contributed by atoms with Crippen molar-refractivity contribution < 1.29 is 9.32 Å². The summed E-state index contributed by atoms with van der Waals surface area (Å²) in [7, 11) is 1.87. The lowest BCUT2D eigenvalue weighted by Gasteiger charge is -2.29. The number of amides is 1. The van der Waals surface area contributed by atoms with Crippen molar-refractivity contribution >= 4 is 5.91 Å². The molecule has 0 saturated heterocycles. The number of aromatic nitrogens is 1. The summed E-state index contributed by atoms with van der Waals surface area (Å²) in [6.45, 7) is 5.98. The highest BCUT2D eigenvalue weighted by molar-refractivity contribution is 5.78. The van der Waals surface area contributed by atoms with Gasteiger partial charge in [-0.1, -0.05) is 65.8 Å². The molecule has 5 heteroatoms. The maximum Gasteiger partial charge on any atom is 0.236 e. The summed E-state index contributed by atoms with van der Waals surface area (Å²) in [4.78, 5) is 16.6. The van der Waals surface area contributed by atoms with Crippen LogP contribution in [0, 0.1) is 0 Å². The van der Waals surface area contributed by atoms with Gasteiger partial charge in [0.25, 0.3) is 0 Å². The van der Waals surface area contributed by atoms with Gasteiger partial charge in [0.15, 0.2) is 0 Å². The molecule has 0 fully saturated rings. The Morgan fingerprint density at radius 1 is 1.07 bits per heavy atom. The highest BCUT2D eigenvalue weighted by Crippen LogP contribution is 2.36. The molecule has 0 saturated carbocycles. The van der Waals surface area contributed by atoms with E-state index in [1.54, 1.807) is 4.90 Å². The first-order valence-electron chi connectivity index (χ1n) is 10.6. The summed E-state index contributed by atoms with van der Waals surface area (Å²) in [6.07, 6.45) is 0.775. The van der Waals surface area contributed by atoms with Gasteiger partial charge in [-0.3, -0.25) is 9.69 Å². The third-order valence-electron chi connectivity index (χ3n) is 6.00. The van der Waals surface area contributed by atoms with Crippen molar-refractivity contribution in [1.29, 1.82) is 0 Å². The fourth-order valence-corrected chi connectivity index (χ4v) is 4.04. The Bertz CT molecular complexity index is 943. The van der Waals surface area contributed by atoms with Gasteiger partial charge in [0, 0.05) is 38.2 Å². The highest BCUT2D eigenvalue weighted by atomic mass is 16.5. The standard InChI is InChI=1S/C25H29N3O2/c1-18(2)27(3)23(29)17-28-15-14-22-21(16-28)25(26-30-22)24(19-10-6-4-7-11-19)20-12-8-5-9-13-20/h4-13,18,24H,14-17H2,1-3H3. The smallest absolute Gasteiger partial charge is 0.236 e. The van der Waals surface area contributed by atoms with Crippen LogP contribution in [-0.4, -0.2) is 47.0 Å². The Kier molecular flexibility index (Phi) is 6.00. The second kappa shape index (κ2) is 8.84. The maximum atomic E-state index is 12.6. The lowest BCUT2D eigenvalue weighted by molar-refractivity contribution is -0.132. The van der Waals surface area contributed by atoms with Crippen LogP contribution >= 0.6 is 0 Å². The number of fused-ring (bicyclic) bond motifs is 1. The minimum absolute atomic E-state index is 0.00823. The number of hydrogen-bond acceptors (Lipinski definition) is 4. The van der Waals surface area contributed by atoms with Gasteiger partial charge in [-0.05, 0) is 25.0 Å². The minimum atomic E-state index is 0.00823. The van der Waals surface area contributed by atoms with E-state index in [9.17, 15) is 4.79 Å². The first kappa shape index (κ1) is 20.4. The first-order valence-corrected chi connectivity index (χ1v) is 10.6. The van der Waals surface area contributed by atoms with Crippen molar-refractivity contribution in [3.05, 3.63) is 88.8 Å². The lowest BCUT2D eigenvalue weighted by atomic mass is 9.85. The summed E-state index contributed by atoms with van der Waals surface area (Å²) >= 11 is 0. The largest absolute Gasteiger partial charge is 0.361 e. The number of carbonyl (C=O) groups excluding carboxylic acids is 1. The Morgan fingerprint density at radius 2 is 1.67 bits per heavy atom. The van der Waals surface area contributed by atoms with E-state index >= 15 is 0 Å². The van der Waals surface area contributed by atoms with Crippen molar-refractivity contribution in [2.24, 2.45) is 0 Å². The number of benzene rings is 2. The molecule has 0 unspecified atom stereocenters. The zero-order valence-corrected chi connectivity index (χ0v) is 17.9. The summed E-state index contributed by atoms with van der Waals surface area (Å²) < 4.78 is 5.78. The molecule has 30 heavy (non-hydrogen) atoms. The molecule has 0 N–H and O–H groups in total. The monoisotopic (exact) mass is 403 g/mol. The van der Waals surface area contributed by atoms with Gasteiger partial charge in [-0.25, -0.2) is 0 Å². The molecule has 1 aliphatic rings. The molecule has 156 valence electrons. The zero-order valence-electron chi connectivity index (χ0n) is 17.9. The highest BCUT2D eigenvalue weighted by Gasteiger charge is 2.31. The van der Waals surface area contributed by atoms with Crippen LogP contribution in [0.15, 0.2) is 65.2 Å². The lowest BCUT2D eigenvalue weighted by Crippen LogP contribution is -2.43. The predicted molar refractivity (Wildman–Crippen MR) is 117 cm³/mol. The van der Waals surface area contributed by atoms with Crippen LogP contribution in [0.5, 0.6) is 0 Å². The summed E-state index contributed by atoms with van der Waals surface area (Å²) in [5.74, 6) is 1.10. The number of hydrogen-bond donors (Lipinski definition) is 0. The van der Waals surface area contributed by atoms with Gasteiger partial charge in [-0.15, -0.1) is 0 Å². The van der Waals surface area contributed by atoms with E-state index in [1.807, 2.05) is 33.0 Å². The molecular formula is C25H29N3O2. The fraction of sp³-hybridized carbons (Fsp3) is 0.360. The molecule has 0 radical (unpaired) electrons. The maximum absolute atomic E-state index is 12.6. The molecule has 2 heterocycles. The number of carbonyl (C=O) groups is 1. The molecule has 0 atom stereocenters. The van der Waals surface area contributed by atoms with Crippen LogP contribution in [0.1, 0.15) is 47.9 Å². The number of nitrogens with zero attached hydrogens (tertiary/aromatic N) is 3. The molecule has 1 aliphatic heterocycles. The van der Waals surface area contributed by atoms with E-state index in [4.69, 9.17) is 4.52 Å². The molecule has 4 rings (SSSR count). The van der Waals surface area contributed by atoms with Crippen LogP contribution < -0.4 is 0 Å². The molecule has 5 nitrogen and oxygen atoms in total. The van der Waals surface area contributed by atoms with Crippen molar-refractivity contribution in [2.45, 2.75) is 38.8 Å². The van der Waals surface area contributed by atoms with Crippen LogP contribution in [0.25, 0.3) is 0 Å².